The summed E-state index contributed by atoms with van der Waals surface area (Å²) in [5.74, 6) is 0.257. The second-order valence-electron chi connectivity index (χ2n) is 4.07. The third-order valence-electron chi connectivity index (χ3n) is 2.36. The molecule has 1 atom stereocenters. The first-order valence-corrected chi connectivity index (χ1v) is 7.68. The number of hydrogen-bond donors (Lipinski definition) is 1. The Kier molecular flexibility index (Phi) is 5.43. The first kappa shape index (κ1) is 14.5. The summed E-state index contributed by atoms with van der Waals surface area (Å²) in [5, 5.41) is 0. The zero-order valence-corrected chi connectivity index (χ0v) is 11.7. The highest BCUT2D eigenvalue weighted by Gasteiger charge is 2.16. The second kappa shape index (κ2) is 6.38. The van der Waals surface area contributed by atoms with Crippen molar-refractivity contribution in [1.29, 1.82) is 0 Å². The molecule has 0 radical (unpaired) electrons. The van der Waals surface area contributed by atoms with Gasteiger partial charge in [-0.2, -0.15) is 0 Å². The Morgan fingerprint density at radius 2 is 1.88 bits per heavy atom. The van der Waals surface area contributed by atoms with Crippen molar-refractivity contribution in [3.05, 3.63) is 29.8 Å². The van der Waals surface area contributed by atoms with Gasteiger partial charge in [-0.1, -0.05) is 25.5 Å². The Labute approximate surface area is 108 Å². The molecule has 1 N–H and O–H groups in total. The Hall–Kier alpha value is -0.580. The van der Waals surface area contributed by atoms with Crippen LogP contribution in [-0.4, -0.2) is 20.3 Å². The highest BCUT2D eigenvalue weighted by molar-refractivity contribution is 7.89. The summed E-state index contributed by atoms with van der Waals surface area (Å²) in [4.78, 5) is 0.286. The normalized spacial score (nSPS) is 13.6. The topological polar surface area (TPSA) is 46.2 Å². The van der Waals surface area contributed by atoms with Gasteiger partial charge in [-0.05, 0) is 31.0 Å². The van der Waals surface area contributed by atoms with Crippen molar-refractivity contribution in [1.82, 2.24) is 4.72 Å². The van der Waals surface area contributed by atoms with E-state index >= 15 is 0 Å². The SMILES string of the molecule is CCCc1ccc(S(=O)(=O)NC(C)CCl)cc1. The molecule has 1 rings (SSSR count). The molecule has 1 aromatic rings. The van der Waals surface area contributed by atoms with Crippen LogP contribution < -0.4 is 4.72 Å². The van der Waals surface area contributed by atoms with Crippen molar-refractivity contribution in [3.63, 3.8) is 0 Å². The molecule has 0 aliphatic rings. The first-order chi connectivity index (χ1) is 7.99. The predicted octanol–water partition coefficient (Wildman–Crippen LogP) is 2.54. The van der Waals surface area contributed by atoms with Gasteiger partial charge in [0, 0.05) is 11.9 Å². The highest BCUT2D eigenvalue weighted by Crippen LogP contribution is 2.12. The molecule has 1 aromatic carbocycles. The molecular weight excluding hydrogens is 258 g/mol. The molecule has 0 saturated heterocycles. The van der Waals surface area contributed by atoms with Crippen molar-refractivity contribution in [2.75, 3.05) is 5.88 Å². The monoisotopic (exact) mass is 275 g/mol. The lowest BCUT2D eigenvalue weighted by Crippen LogP contribution is -2.33. The first-order valence-electron chi connectivity index (χ1n) is 5.67. The minimum Gasteiger partial charge on any atom is -0.207 e. The van der Waals surface area contributed by atoms with E-state index in [0.29, 0.717) is 0 Å². The van der Waals surface area contributed by atoms with Crippen LogP contribution in [0, 0.1) is 0 Å². The van der Waals surface area contributed by atoms with Gasteiger partial charge in [0.1, 0.15) is 0 Å². The van der Waals surface area contributed by atoms with Crippen molar-refractivity contribution in [3.8, 4) is 0 Å². The molecule has 0 heterocycles. The fraction of sp³-hybridized carbons (Fsp3) is 0.500. The number of alkyl halides is 1. The molecule has 5 heteroatoms. The molecule has 96 valence electrons. The molecule has 0 aliphatic heterocycles. The van der Waals surface area contributed by atoms with Crippen molar-refractivity contribution in [2.45, 2.75) is 37.6 Å². The van der Waals surface area contributed by atoms with E-state index in [4.69, 9.17) is 11.6 Å². The number of halogens is 1. The van der Waals surface area contributed by atoms with Crippen LogP contribution in [0.25, 0.3) is 0 Å². The molecule has 0 fully saturated rings. The lowest BCUT2D eigenvalue weighted by atomic mass is 10.1. The average molecular weight is 276 g/mol. The largest absolute Gasteiger partial charge is 0.240 e. The fourth-order valence-electron chi connectivity index (χ4n) is 1.49. The van der Waals surface area contributed by atoms with Crippen LogP contribution >= 0.6 is 11.6 Å². The number of aryl methyl sites for hydroxylation is 1. The lowest BCUT2D eigenvalue weighted by Gasteiger charge is -2.11. The minimum atomic E-state index is -3.44. The summed E-state index contributed by atoms with van der Waals surface area (Å²) in [6.07, 6.45) is 2.01. The van der Waals surface area contributed by atoms with Gasteiger partial charge in [0.25, 0.3) is 0 Å². The van der Waals surface area contributed by atoms with Gasteiger partial charge in [0.2, 0.25) is 10.0 Å². The van der Waals surface area contributed by atoms with Crippen LogP contribution in [0.4, 0.5) is 0 Å². The Morgan fingerprint density at radius 3 is 2.35 bits per heavy atom. The summed E-state index contributed by atoms with van der Waals surface area (Å²) in [7, 11) is -3.44. The van der Waals surface area contributed by atoms with Gasteiger partial charge < -0.3 is 0 Å². The van der Waals surface area contributed by atoms with Gasteiger partial charge in [-0.3, -0.25) is 0 Å². The highest BCUT2D eigenvalue weighted by atomic mass is 35.5. The summed E-state index contributed by atoms with van der Waals surface area (Å²) in [6, 6.07) is 6.70. The maximum Gasteiger partial charge on any atom is 0.240 e. The van der Waals surface area contributed by atoms with Gasteiger partial charge in [0.15, 0.2) is 0 Å². The fourth-order valence-corrected chi connectivity index (χ4v) is 2.90. The summed E-state index contributed by atoms with van der Waals surface area (Å²) < 4.78 is 26.3. The molecule has 1 unspecified atom stereocenters. The summed E-state index contributed by atoms with van der Waals surface area (Å²) in [5.41, 5.74) is 1.15. The summed E-state index contributed by atoms with van der Waals surface area (Å²) in [6.45, 7) is 3.82. The van der Waals surface area contributed by atoms with Crippen molar-refractivity contribution < 1.29 is 8.42 Å². The lowest BCUT2D eigenvalue weighted by molar-refractivity contribution is 0.570. The quantitative estimate of drug-likeness (QED) is 0.811. The zero-order chi connectivity index (χ0) is 12.9. The number of benzene rings is 1. The zero-order valence-electron chi connectivity index (χ0n) is 10.1. The van der Waals surface area contributed by atoms with Gasteiger partial charge in [-0.25, -0.2) is 13.1 Å². The standard InChI is InChI=1S/C12H18ClNO2S/c1-3-4-11-5-7-12(8-6-11)17(15,16)14-10(2)9-13/h5-8,10,14H,3-4,9H2,1-2H3. The van der Waals surface area contributed by atoms with Crippen LogP contribution in [0.1, 0.15) is 25.8 Å². The van der Waals surface area contributed by atoms with E-state index in [-0.39, 0.29) is 16.8 Å². The summed E-state index contributed by atoms with van der Waals surface area (Å²) >= 11 is 5.59. The average Bonchev–Trinajstić information content (AvgIpc) is 2.29. The number of hydrogen-bond acceptors (Lipinski definition) is 2. The second-order valence-corrected chi connectivity index (χ2v) is 6.09. The predicted molar refractivity (Wildman–Crippen MR) is 70.9 cm³/mol. The van der Waals surface area contributed by atoms with Crippen LogP contribution in [0.3, 0.4) is 0 Å². The molecule has 0 saturated carbocycles. The molecule has 3 nitrogen and oxygen atoms in total. The molecule has 0 aromatic heterocycles. The van der Waals surface area contributed by atoms with Gasteiger partial charge >= 0.3 is 0 Å². The minimum absolute atomic E-state index is 0.257. The van der Waals surface area contributed by atoms with Crippen molar-refractivity contribution in [2.24, 2.45) is 0 Å². The van der Waals surface area contributed by atoms with E-state index in [1.54, 1.807) is 19.1 Å². The van der Waals surface area contributed by atoms with Crippen LogP contribution in [0.2, 0.25) is 0 Å². The molecule has 0 amide bonds. The van der Waals surface area contributed by atoms with E-state index < -0.39 is 10.0 Å². The number of nitrogens with one attached hydrogen (secondary N) is 1. The van der Waals surface area contributed by atoms with Crippen LogP contribution in [-0.2, 0) is 16.4 Å². The van der Waals surface area contributed by atoms with Gasteiger partial charge in [0.05, 0.1) is 4.90 Å². The van der Waals surface area contributed by atoms with Gasteiger partial charge in [-0.15, -0.1) is 11.6 Å². The van der Waals surface area contributed by atoms with E-state index in [9.17, 15) is 8.42 Å². The number of sulfonamides is 1. The Bertz CT molecular complexity index is 442. The van der Waals surface area contributed by atoms with E-state index in [1.165, 1.54) is 0 Å². The Morgan fingerprint density at radius 1 is 1.29 bits per heavy atom. The third-order valence-corrected chi connectivity index (χ3v) is 4.43. The Balaban J connectivity index is 2.85. The van der Waals surface area contributed by atoms with Crippen molar-refractivity contribution >= 4 is 21.6 Å². The molecule has 0 aliphatic carbocycles. The van der Waals surface area contributed by atoms with Crippen LogP contribution in [0.5, 0.6) is 0 Å². The molecule has 0 bridgehead atoms. The molecule has 17 heavy (non-hydrogen) atoms. The maximum absolute atomic E-state index is 11.9. The molecule has 0 spiro atoms. The smallest absolute Gasteiger partial charge is 0.207 e. The third kappa shape index (κ3) is 4.30. The maximum atomic E-state index is 11.9. The number of rotatable bonds is 6. The van der Waals surface area contributed by atoms with E-state index in [1.807, 2.05) is 12.1 Å². The van der Waals surface area contributed by atoms with E-state index in [2.05, 4.69) is 11.6 Å². The molecular formula is C12H18ClNO2S. The van der Waals surface area contributed by atoms with Crippen LogP contribution in [0.15, 0.2) is 29.2 Å². The van der Waals surface area contributed by atoms with E-state index in [0.717, 1.165) is 18.4 Å².